The summed E-state index contributed by atoms with van der Waals surface area (Å²) in [4.78, 5) is 0. The van der Waals surface area contributed by atoms with Crippen molar-refractivity contribution in [3.05, 3.63) is 6.92 Å². The Hall–Kier alpha value is -0.130. The first-order valence-electron chi connectivity index (χ1n) is 3.59. The average Bonchev–Trinajstić information content (AvgIpc) is 2.61. The van der Waals surface area contributed by atoms with Gasteiger partial charge < -0.3 is 0 Å². The summed E-state index contributed by atoms with van der Waals surface area (Å²) < 4.78 is 31.1. The SMILES string of the molecule is [CH2]CCN(C1CC1)S(=O)(=O)O. The molecule has 0 aromatic rings. The number of hydrogen-bond donors (Lipinski definition) is 1. The zero-order valence-electron chi connectivity index (χ0n) is 6.23. The summed E-state index contributed by atoms with van der Waals surface area (Å²) in [5, 5.41) is 0. The van der Waals surface area contributed by atoms with Crippen LogP contribution in [0.25, 0.3) is 0 Å². The molecule has 0 aromatic carbocycles. The molecule has 0 aliphatic heterocycles. The van der Waals surface area contributed by atoms with Crippen molar-refractivity contribution in [3.8, 4) is 0 Å². The fourth-order valence-corrected chi connectivity index (χ4v) is 1.95. The Labute approximate surface area is 67.1 Å². The highest BCUT2D eigenvalue weighted by molar-refractivity contribution is 7.83. The molecule has 11 heavy (non-hydrogen) atoms. The molecule has 5 heteroatoms. The second-order valence-electron chi connectivity index (χ2n) is 2.67. The van der Waals surface area contributed by atoms with Crippen molar-refractivity contribution in [1.82, 2.24) is 4.31 Å². The second kappa shape index (κ2) is 3.08. The van der Waals surface area contributed by atoms with Crippen LogP contribution in [0, 0.1) is 6.92 Å². The molecule has 65 valence electrons. The Morgan fingerprint density at radius 2 is 2.09 bits per heavy atom. The zero-order valence-corrected chi connectivity index (χ0v) is 7.05. The van der Waals surface area contributed by atoms with Gasteiger partial charge in [-0.1, -0.05) is 6.92 Å². The van der Waals surface area contributed by atoms with Gasteiger partial charge in [-0.3, -0.25) is 4.55 Å². The Morgan fingerprint density at radius 1 is 1.55 bits per heavy atom. The van der Waals surface area contributed by atoms with Crippen LogP contribution in [-0.2, 0) is 10.3 Å². The van der Waals surface area contributed by atoms with Crippen LogP contribution in [-0.4, -0.2) is 29.9 Å². The Bertz CT molecular complexity index is 220. The van der Waals surface area contributed by atoms with Gasteiger partial charge in [0.05, 0.1) is 0 Å². The highest BCUT2D eigenvalue weighted by atomic mass is 32.2. The number of hydrogen-bond acceptors (Lipinski definition) is 2. The van der Waals surface area contributed by atoms with E-state index in [-0.39, 0.29) is 6.04 Å². The molecular weight excluding hydrogens is 166 g/mol. The molecule has 1 saturated carbocycles. The van der Waals surface area contributed by atoms with Crippen molar-refractivity contribution in [3.63, 3.8) is 0 Å². The monoisotopic (exact) mass is 178 g/mol. The van der Waals surface area contributed by atoms with Gasteiger partial charge in [-0.2, -0.15) is 12.7 Å². The smallest absolute Gasteiger partial charge is 0.273 e. The first-order chi connectivity index (χ1) is 5.05. The van der Waals surface area contributed by atoms with Crippen LogP contribution in [0.2, 0.25) is 0 Å². The topological polar surface area (TPSA) is 57.6 Å². The van der Waals surface area contributed by atoms with E-state index in [0.717, 1.165) is 17.1 Å². The Balaban J connectivity index is 2.59. The molecule has 1 aliphatic rings. The molecule has 1 fully saturated rings. The molecule has 0 bridgehead atoms. The maximum atomic E-state index is 10.7. The van der Waals surface area contributed by atoms with Crippen LogP contribution in [0.4, 0.5) is 0 Å². The molecule has 0 spiro atoms. The fraction of sp³-hybridized carbons (Fsp3) is 0.833. The minimum Gasteiger partial charge on any atom is -0.273 e. The van der Waals surface area contributed by atoms with E-state index in [1.54, 1.807) is 0 Å². The molecule has 0 atom stereocenters. The van der Waals surface area contributed by atoms with Crippen molar-refractivity contribution < 1.29 is 13.0 Å². The average molecular weight is 178 g/mol. The van der Waals surface area contributed by atoms with Crippen LogP contribution in [0.5, 0.6) is 0 Å². The van der Waals surface area contributed by atoms with E-state index in [9.17, 15) is 8.42 Å². The van der Waals surface area contributed by atoms with Gasteiger partial charge in [0, 0.05) is 12.6 Å². The summed E-state index contributed by atoms with van der Waals surface area (Å²) in [6.45, 7) is 3.85. The lowest BCUT2D eigenvalue weighted by Gasteiger charge is -2.15. The van der Waals surface area contributed by atoms with Crippen LogP contribution < -0.4 is 0 Å². The summed E-state index contributed by atoms with van der Waals surface area (Å²) in [5.41, 5.74) is 0. The lowest BCUT2D eigenvalue weighted by Crippen LogP contribution is -2.33. The normalized spacial score (nSPS) is 19.2. The molecule has 0 amide bonds. The van der Waals surface area contributed by atoms with E-state index in [0.29, 0.717) is 13.0 Å². The van der Waals surface area contributed by atoms with Crippen LogP contribution in [0.15, 0.2) is 0 Å². The first kappa shape index (κ1) is 8.96. The predicted octanol–water partition coefficient (Wildman–Crippen LogP) is 0.478. The molecular formula is C6H12NO3S. The molecule has 1 radical (unpaired) electrons. The lowest BCUT2D eigenvalue weighted by atomic mass is 10.5. The third-order valence-electron chi connectivity index (χ3n) is 1.63. The predicted molar refractivity (Wildman–Crippen MR) is 41.3 cm³/mol. The van der Waals surface area contributed by atoms with Gasteiger partial charge in [0.15, 0.2) is 0 Å². The third-order valence-corrected chi connectivity index (χ3v) is 2.70. The molecule has 0 heterocycles. The number of rotatable bonds is 4. The van der Waals surface area contributed by atoms with Crippen molar-refractivity contribution in [1.29, 1.82) is 0 Å². The fourth-order valence-electron chi connectivity index (χ4n) is 1.00. The van der Waals surface area contributed by atoms with E-state index in [2.05, 4.69) is 6.92 Å². The van der Waals surface area contributed by atoms with Gasteiger partial charge in [-0.05, 0) is 19.3 Å². The summed E-state index contributed by atoms with van der Waals surface area (Å²) in [6, 6.07) is 0.0340. The summed E-state index contributed by atoms with van der Waals surface area (Å²) in [7, 11) is -3.97. The maximum absolute atomic E-state index is 10.7. The van der Waals surface area contributed by atoms with Gasteiger partial charge >= 0.3 is 10.3 Å². The van der Waals surface area contributed by atoms with Crippen molar-refractivity contribution in [2.75, 3.05) is 6.54 Å². The first-order valence-corrected chi connectivity index (χ1v) is 4.99. The minimum absolute atomic E-state index is 0.0340. The van der Waals surface area contributed by atoms with Gasteiger partial charge in [0.1, 0.15) is 0 Å². The van der Waals surface area contributed by atoms with E-state index in [1.807, 2.05) is 0 Å². The van der Waals surface area contributed by atoms with Gasteiger partial charge in [0.25, 0.3) is 0 Å². The van der Waals surface area contributed by atoms with Crippen LogP contribution in [0.1, 0.15) is 19.3 Å². The van der Waals surface area contributed by atoms with Crippen molar-refractivity contribution in [2.24, 2.45) is 0 Å². The summed E-state index contributed by atoms with van der Waals surface area (Å²) in [5.74, 6) is 0. The molecule has 1 rings (SSSR count). The Morgan fingerprint density at radius 3 is 2.36 bits per heavy atom. The third kappa shape index (κ3) is 2.43. The standard InChI is InChI=1S/C6H12NO3S/c1-2-5-7(6-3-4-6)11(8,9)10/h6H,1-5H2,(H,8,9,10). The van der Waals surface area contributed by atoms with E-state index < -0.39 is 10.3 Å². The van der Waals surface area contributed by atoms with Crippen molar-refractivity contribution >= 4 is 10.3 Å². The van der Waals surface area contributed by atoms with Crippen LogP contribution >= 0.6 is 0 Å². The molecule has 1 aliphatic carbocycles. The largest absolute Gasteiger partial charge is 0.336 e. The zero-order chi connectivity index (χ0) is 8.48. The molecule has 0 unspecified atom stereocenters. The Kier molecular flexibility index (Phi) is 2.51. The maximum Gasteiger partial charge on any atom is 0.336 e. The summed E-state index contributed by atoms with van der Waals surface area (Å²) >= 11 is 0. The molecule has 4 nitrogen and oxygen atoms in total. The van der Waals surface area contributed by atoms with Gasteiger partial charge in [-0.25, -0.2) is 0 Å². The van der Waals surface area contributed by atoms with E-state index in [4.69, 9.17) is 4.55 Å². The second-order valence-corrected chi connectivity index (χ2v) is 4.04. The molecule has 0 aromatic heterocycles. The van der Waals surface area contributed by atoms with E-state index in [1.165, 1.54) is 0 Å². The quantitative estimate of drug-likeness (QED) is 0.637. The van der Waals surface area contributed by atoms with E-state index >= 15 is 0 Å². The van der Waals surface area contributed by atoms with Gasteiger partial charge in [-0.15, -0.1) is 0 Å². The lowest BCUT2D eigenvalue weighted by molar-refractivity contribution is 0.348. The summed E-state index contributed by atoms with van der Waals surface area (Å²) in [6.07, 6.45) is 2.22. The van der Waals surface area contributed by atoms with Crippen LogP contribution in [0.3, 0.4) is 0 Å². The highest BCUT2D eigenvalue weighted by Gasteiger charge is 2.35. The van der Waals surface area contributed by atoms with Gasteiger partial charge in [0.2, 0.25) is 0 Å². The van der Waals surface area contributed by atoms with Crippen molar-refractivity contribution in [2.45, 2.75) is 25.3 Å². The highest BCUT2D eigenvalue weighted by Crippen LogP contribution is 2.28. The molecule has 1 N–H and O–H groups in total. The molecule has 0 saturated heterocycles. The minimum atomic E-state index is -3.97. The number of nitrogens with zero attached hydrogens (tertiary/aromatic N) is 1.